The van der Waals surface area contributed by atoms with Gasteiger partial charge in [-0.25, -0.2) is 13.2 Å². The summed E-state index contributed by atoms with van der Waals surface area (Å²) in [5, 5.41) is 11.0. The largest absolute Gasteiger partial charge is 0.461 e. The van der Waals surface area contributed by atoms with Gasteiger partial charge in [-0.15, -0.1) is 0 Å². The highest BCUT2D eigenvalue weighted by Crippen LogP contribution is 2.29. The lowest BCUT2D eigenvalue weighted by Gasteiger charge is -2.26. The lowest BCUT2D eigenvalue weighted by molar-refractivity contribution is 0.0511. The number of ether oxygens (including phenoxy) is 1. The Morgan fingerprint density at radius 2 is 2.08 bits per heavy atom. The van der Waals surface area contributed by atoms with Crippen LogP contribution in [0.3, 0.4) is 0 Å². The zero-order valence-electron chi connectivity index (χ0n) is 14.7. The molecule has 9 nitrogen and oxygen atoms in total. The van der Waals surface area contributed by atoms with Gasteiger partial charge >= 0.3 is 5.97 Å². The number of esters is 1. The summed E-state index contributed by atoms with van der Waals surface area (Å²) in [7, 11) is -2.06. The third-order valence-electron chi connectivity index (χ3n) is 4.29. The zero-order chi connectivity index (χ0) is 18.4. The van der Waals surface area contributed by atoms with Gasteiger partial charge in [-0.3, -0.25) is 9.78 Å². The highest BCUT2D eigenvalue weighted by Gasteiger charge is 2.36. The fourth-order valence-electron chi connectivity index (χ4n) is 3.19. The van der Waals surface area contributed by atoms with Crippen molar-refractivity contribution >= 4 is 16.0 Å². The summed E-state index contributed by atoms with van der Waals surface area (Å²) in [5.41, 5.74) is 2.57. The van der Waals surface area contributed by atoms with E-state index in [9.17, 15) is 13.2 Å². The average Bonchev–Trinajstić information content (AvgIpc) is 3.05. The molecule has 25 heavy (non-hydrogen) atoms. The molecule has 136 valence electrons. The maximum atomic E-state index is 13.0. The maximum absolute atomic E-state index is 13.0. The van der Waals surface area contributed by atoms with Crippen molar-refractivity contribution in [1.29, 1.82) is 0 Å². The van der Waals surface area contributed by atoms with Gasteiger partial charge in [0.1, 0.15) is 4.90 Å². The van der Waals surface area contributed by atoms with E-state index in [1.54, 1.807) is 27.8 Å². The van der Waals surface area contributed by atoms with E-state index in [-0.39, 0.29) is 18.0 Å². The number of H-pyrrole nitrogens is 1. The van der Waals surface area contributed by atoms with Gasteiger partial charge in [0.2, 0.25) is 10.0 Å². The Morgan fingerprint density at radius 3 is 2.68 bits per heavy atom. The molecule has 3 rings (SSSR count). The summed E-state index contributed by atoms with van der Waals surface area (Å²) >= 11 is 0. The number of hydrogen-bond donors (Lipinski definition) is 1. The summed E-state index contributed by atoms with van der Waals surface area (Å²) in [6, 6.07) is 0. The summed E-state index contributed by atoms with van der Waals surface area (Å²) in [6.07, 6.45) is 0.442. The van der Waals surface area contributed by atoms with E-state index in [1.807, 2.05) is 0 Å². The highest BCUT2D eigenvalue weighted by molar-refractivity contribution is 7.89. The number of aromatic nitrogens is 4. The molecule has 0 aliphatic carbocycles. The van der Waals surface area contributed by atoms with Crippen molar-refractivity contribution in [3.63, 3.8) is 0 Å². The number of hydrogen-bond acceptors (Lipinski definition) is 6. The normalized spacial score (nSPS) is 15.2. The molecule has 0 atom stereocenters. The van der Waals surface area contributed by atoms with Gasteiger partial charge in [0.05, 0.1) is 23.7 Å². The summed E-state index contributed by atoms with van der Waals surface area (Å²) in [6.45, 7) is 5.69. The first-order chi connectivity index (χ1) is 11.8. The molecule has 3 heterocycles. The maximum Gasteiger partial charge on any atom is 0.356 e. The van der Waals surface area contributed by atoms with Gasteiger partial charge < -0.3 is 4.74 Å². The smallest absolute Gasteiger partial charge is 0.356 e. The number of fused-ring (bicyclic) bond motifs is 1. The van der Waals surface area contributed by atoms with Crippen molar-refractivity contribution in [2.45, 2.75) is 38.6 Å². The van der Waals surface area contributed by atoms with E-state index < -0.39 is 16.0 Å². The molecule has 0 fully saturated rings. The van der Waals surface area contributed by atoms with E-state index in [0.717, 1.165) is 5.69 Å². The fraction of sp³-hybridized carbons (Fsp3) is 0.533. The van der Waals surface area contributed by atoms with Crippen LogP contribution in [0.4, 0.5) is 0 Å². The lowest BCUT2D eigenvalue weighted by Crippen LogP contribution is -2.36. The monoisotopic (exact) mass is 367 g/mol. The molecule has 0 bridgehead atoms. The molecule has 2 aromatic heterocycles. The minimum atomic E-state index is -3.72. The second kappa shape index (κ2) is 6.26. The number of carbonyl (C=O) groups excluding carboxylic acids is 1. The third kappa shape index (κ3) is 2.85. The number of sulfonamides is 1. The molecule has 0 saturated carbocycles. The number of aromatic amines is 1. The topological polar surface area (TPSA) is 110 Å². The van der Waals surface area contributed by atoms with Crippen LogP contribution in [0.1, 0.15) is 40.1 Å². The number of nitrogens with one attached hydrogen (secondary N) is 1. The van der Waals surface area contributed by atoms with Crippen LogP contribution in [0.25, 0.3) is 0 Å². The fourth-order valence-corrected chi connectivity index (χ4v) is 4.93. The molecule has 0 radical (unpaired) electrons. The predicted molar refractivity (Wildman–Crippen MR) is 88.5 cm³/mol. The van der Waals surface area contributed by atoms with Crippen LogP contribution in [-0.4, -0.2) is 51.8 Å². The standard InChI is InChI=1S/C15H21N5O4S/c1-5-24-15(21)13-11-8-20(7-6-12(11)18-19(13)4)25(22,23)14-9(2)16-17-10(14)3/h5-8H2,1-4H3,(H,16,17). The first kappa shape index (κ1) is 17.6. The van der Waals surface area contributed by atoms with E-state index in [4.69, 9.17) is 4.74 Å². The van der Waals surface area contributed by atoms with Crippen LogP contribution in [0.2, 0.25) is 0 Å². The first-order valence-electron chi connectivity index (χ1n) is 8.01. The lowest BCUT2D eigenvalue weighted by atomic mass is 10.1. The molecule has 10 heteroatoms. The van der Waals surface area contributed by atoms with Crippen LogP contribution < -0.4 is 0 Å². The summed E-state index contributed by atoms with van der Waals surface area (Å²) in [4.78, 5) is 12.4. The van der Waals surface area contributed by atoms with Gasteiger partial charge in [0.25, 0.3) is 0 Å². The number of aryl methyl sites for hydroxylation is 3. The first-order valence-corrected chi connectivity index (χ1v) is 9.45. The molecule has 0 aromatic carbocycles. The van der Waals surface area contributed by atoms with Gasteiger partial charge in [-0.05, 0) is 20.8 Å². The van der Waals surface area contributed by atoms with Crippen LogP contribution in [0.15, 0.2) is 4.90 Å². The SMILES string of the molecule is CCOC(=O)c1c2c(nn1C)CCN(S(=O)(=O)c1c(C)n[nH]c1C)C2. The van der Waals surface area contributed by atoms with Crippen LogP contribution in [0.5, 0.6) is 0 Å². The van der Waals surface area contributed by atoms with Crippen molar-refractivity contribution in [2.24, 2.45) is 7.05 Å². The van der Waals surface area contributed by atoms with Crippen LogP contribution >= 0.6 is 0 Å². The predicted octanol–water partition coefficient (Wildman–Crippen LogP) is 0.684. The number of rotatable bonds is 4. The molecule has 1 aliphatic heterocycles. The molecule has 1 aliphatic rings. The zero-order valence-corrected chi connectivity index (χ0v) is 15.5. The Hall–Kier alpha value is -2.20. The summed E-state index contributed by atoms with van der Waals surface area (Å²) < 4.78 is 34.0. The molecule has 0 saturated heterocycles. The Morgan fingerprint density at radius 1 is 1.36 bits per heavy atom. The summed E-state index contributed by atoms with van der Waals surface area (Å²) in [5.74, 6) is -0.492. The second-order valence-corrected chi connectivity index (χ2v) is 7.84. The van der Waals surface area contributed by atoms with Gasteiger partial charge in [-0.1, -0.05) is 0 Å². The number of carbonyl (C=O) groups is 1. The van der Waals surface area contributed by atoms with Crippen molar-refractivity contribution in [3.05, 3.63) is 28.3 Å². The highest BCUT2D eigenvalue weighted by atomic mass is 32.2. The Labute approximate surface area is 146 Å². The van der Waals surface area contributed by atoms with Crippen LogP contribution in [-0.2, 0) is 34.8 Å². The van der Waals surface area contributed by atoms with E-state index in [0.29, 0.717) is 35.6 Å². The van der Waals surface area contributed by atoms with E-state index >= 15 is 0 Å². The Bertz CT molecular complexity index is 909. The van der Waals surface area contributed by atoms with E-state index in [2.05, 4.69) is 15.3 Å². The minimum absolute atomic E-state index is 0.0870. The van der Waals surface area contributed by atoms with Crippen molar-refractivity contribution in [1.82, 2.24) is 24.3 Å². The van der Waals surface area contributed by atoms with Gasteiger partial charge in [-0.2, -0.15) is 14.5 Å². The van der Waals surface area contributed by atoms with Gasteiger partial charge in [0.15, 0.2) is 5.69 Å². The average molecular weight is 367 g/mol. The van der Waals surface area contributed by atoms with Gasteiger partial charge in [0, 0.05) is 32.1 Å². The van der Waals surface area contributed by atoms with Crippen molar-refractivity contribution in [3.8, 4) is 0 Å². The quantitative estimate of drug-likeness (QED) is 0.796. The second-order valence-electron chi connectivity index (χ2n) is 5.97. The molecule has 2 aromatic rings. The van der Waals surface area contributed by atoms with Crippen molar-refractivity contribution in [2.75, 3.05) is 13.2 Å². The molecular weight excluding hydrogens is 346 g/mol. The molecule has 0 spiro atoms. The molecule has 1 N–H and O–H groups in total. The molecule has 0 unspecified atom stereocenters. The Kier molecular flexibility index (Phi) is 4.41. The van der Waals surface area contributed by atoms with Crippen molar-refractivity contribution < 1.29 is 17.9 Å². The molecule has 0 amide bonds. The van der Waals surface area contributed by atoms with Crippen LogP contribution in [0, 0.1) is 13.8 Å². The molecular formula is C15H21N5O4S. The van der Waals surface area contributed by atoms with E-state index in [1.165, 1.54) is 8.99 Å². The minimum Gasteiger partial charge on any atom is -0.461 e. The number of nitrogens with zero attached hydrogens (tertiary/aromatic N) is 4. The Balaban J connectivity index is 2.00. The third-order valence-corrected chi connectivity index (χ3v) is 6.40.